The Balaban J connectivity index is 1.81. The zero-order valence-electron chi connectivity index (χ0n) is 9.07. The molecule has 2 heteroatoms. The van der Waals surface area contributed by atoms with Gasteiger partial charge in [0.25, 0.3) is 0 Å². The Morgan fingerprint density at radius 1 is 1.57 bits per heavy atom. The minimum atomic E-state index is -0.260. The van der Waals surface area contributed by atoms with Crippen molar-refractivity contribution in [2.75, 3.05) is 0 Å². The second kappa shape index (κ2) is 3.93. The summed E-state index contributed by atoms with van der Waals surface area (Å²) in [5.41, 5.74) is 0. The number of aliphatic hydroxyl groups is 1. The first-order valence-electron chi connectivity index (χ1n) is 5.71. The third kappa shape index (κ3) is 2.30. The predicted octanol–water partition coefficient (Wildman–Crippen LogP) is 2.48. The van der Waals surface area contributed by atoms with E-state index in [2.05, 4.69) is 6.08 Å². The minimum absolute atomic E-state index is 0.153. The lowest BCUT2D eigenvalue weighted by Gasteiger charge is -2.20. The first-order chi connectivity index (χ1) is 6.66. The van der Waals surface area contributed by atoms with Crippen LogP contribution in [0.5, 0.6) is 0 Å². The van der Waals surface area contributed by atoms with Gasteiger partial charge in [-0.3, -0.25) is 0 Å². The van der Waals surface area contributed by atoms with Gasteiger partial charge in [0, 0.05) is 12.3 Å². The van der Waals surface area contributed by atoms with E-state index in [9.17, 15) is 5.11 Å². The van der Waals surface area contributed by atoms with Crippen molar-refractivity contribution in [1.29, 1.82) is 0 Å². The molecule has 4 atom stereocenters. The quantitative estimate of drug-likeness (QED) is 0.748. The molecule has 0 aromatic rings. The van der Waals surface area contributed by atoms with Crippen molar-refractivity contribution in [3.8, 4) is 0 Å². The van der Waals surface area contributed by atoms with E-state index in [0.717, 1.165) is 18.3 Å². The van der Waals surface area contributed by atoms with E-state index in [-0.39, 0.29) is 12.2 Å². The van der Waals surface area contributed by atoms with Gasteiger partial charge in [0.05, 0.1) is 18.0 Å². The lowest BCUT2D eigenvalue weighted by molar-refractivity contribution is 0.0629. The van der Waals surface area contributed by atoms with Crippen LogP contribution in [0.3, 0.4) is 0 Å². The van der Waals surface area contributed by atoms with Crippen LogP contribution in [0.1, 0.15) is 39.5 Å². The molecule has 80 valence electrons. The monoisotopic (exact) mass is 196 g/mol. The van der Waals surface area contributed by atoms with Crippen LogP contribution in [-0.2, 0) is 4.74 Å². The van der Waals surface area contributed by atoms with E-state index in [0.29, 0.717) is 0 Å². The van der Waals surface area contributed by atoms with Crippen LogP contribution < -0.4 is 0 Å². The lowest BCUT2D eigenvalue weighted by Crippen LogP contribution is -2.16. The minimum Gasteiger partial charge on any atom is -0.495 e. The van der Waals surface area contributed by atoms with Gasteiger partial charge in [-0.15, -0.1) is 0 Å². The number of hydrogen-bond donors (Lipinski definition) is 1. The molecule has 0 heterocycles. The van der Waals surface area contributed by atoms with Crippen molar-refractivity contribution < 1.29 is 9.84 Å². The van der Waals surface area contributed by atoms with Crippen molar-refractivity contribution in [3.63, 3.8) is 0 Å². The van der Waals surface area contributed by atoms with Crippen LogP contribution in [0.4, 0.5) is 0 Å². The highest BCUT2D eigenvalue weighted by atomic mass is 16.5. The fourth-order valence-electron chi connectivity index (χ4n) is 2.40. The third-order valence-corrected chi connectivity index (χ3v) is 3.18. The zero-order chi connectivity index (χ0) is 10.1. The highest BCUT2D eigenvalue weighted by molar-refractivity contribution is 5.14. The molecule has 14 heavy (non-hydrogen) atoms. The summed E-state index contributed by atoms with van der Waals surface area (Å²) >= 11 is 0. The predicted molar refractivity (Wildman–Crippen MR) is 55.8 cm³/mol. The molecule has 1 fully saturated rings. The fraction of sp³-hybridized carbons (Fsp3) is 0.833. The van der Waals surface area contributed by atoms with E-state index in [1.165, 1.54) is 25.0 Å². The van der Waals surface area contributed by atoms with Gasteiger partial charge in [-0.05, 0) is 45.1 Å². The largest absolute Gasteiger partial charge is 0.495 e. The van der Waals surface area contributed by atoms with E-state index in [4.69, 9.17) is 4.74 Å². The highest BCUT2D eigenvalue weighted by Crippen LogP contribution is 2.50. The number of allylic oxidation sites excluding steroid dienone is 2. The average Bonchev–Trinajstić information content (AvgIpc) is 2.81. The van der Waals surface area contributed by atoms with Crippen molar-refractivity contribution in [1.82, 2.24) is 0 Å². The molecule has 2 rings (SSSR count). The molecule has 0 aromatic heterocycles. The second-order valence-electron chi connectivity index (χ2n) is 4.80. The van der Waals surface area contributed by atoms with Gasteiger partial charge in [0.2, 0.25) is 0 Å². The molecule has 1 N–H and O–H groups in total. The van der Waals surface area contributed by atoms with Crippen molar-refractivity contribution in [2.45, 2.75) is 51.7 Å². The number of aliphatic hydroxyl groups excluding tert-OH is 1. The van der Waals surface area contributed by atoms with Crippen LogP contribution in [0.2, 0.25) is 0 Å². The summed E-state index contributed by atoms with van der Waals surface area (Å²) in [7, 11) is 0. The van der Waals surface area contributed by atoms with Gasteiger partial charge in [-0.25, -0.2) is 0 Å². The fourth-order valence-corrected chi connectivity index (χ4v) is 2.40. The van der Waals surface area contributed by atoms with Gasteiger partial charge in [-0.2, -0.15) is 0 Å². The molecule has 0 aliphatic heterocycles. The topological polar surface area (TPSA) is 29.5 Å². The summed E-state index contributed by atoms with van der Waals surface area (Å²) in [5.74, 6) is 2.84. The van der Waals surface area contributed by atoms with Gasteiger partial charge < -0.3 is 9.84 Å². The van der Waals surface area contributed by atoms with Crippen LogP contribution in [0, 0.1) is 11.8 Å². The summed E-state index contributed by atoms with van der Waals surface area (Å²) in [6.07, 6.45) is 6.72. The maximum Gasteiger partial charge on any atom is 0.0979 e. The molecule has 1 saturated carbocycles. The van der Waals surface area contributed by atoms with Crippen molar-refractivity contribution in [3.05, 3.63) is 11.8 Å². The highest BCUT2D eigenvalue weighted by Gasteiger charge is 2.42. The molecule has 2 aliphatic rings. The van der Waals surface area contributed by atoms with Crippen LogP contribution in [0.25, 0.3) is 0 Å². The van der Waals surface area contributed by atoms with E-state index in [1.807, 2.05) is 13.8 Å². The second-order valence-corrected chi connectivity index (χ2v) is 4.80. The molecule has 0 bridgehead atoms. The summed E-state index contributed by atoms with van der Waals surface area (Å²) in [6, 6.07) is 0. The molecule has 0 saturated heterocycles. The Morgan fingerprint density at radius 3 is 3.07 bits per heavy atom. The molecule has 0 aromatic carbocycles. The smallest absolute Gasteiger partial charge is 0.0979 e. The van der Waals surface area contributed by atoms with E-state index >= 15 is 0 Å². The van der Waals surface area contributed by atoms with E-state index in [1.54, 1.807) is 0 Å². The molecule has 0 spiro atoms. The Labute approximate surface area is 86.0 Å². The molecular formula is C12H20O2. The van der Waals surface area contributed by atoms with Crippen LogP contribution in [0.15, 0.2) is 11.8 Å². The number of rotatable bonds is 4. The maximum atomic E-state index is 9.23. The molecular weight excluding hydrogens is 176 g/mol. The summed E-state index contributed by atoms with van der Waals surface area (Å²) in [4.78, 5) is 0. The molecule has 0 radical (unpaired) electrons. The summed E-state index contributed by atoms with van der Waals surface area (Å²) in [6.45, 7) is 3.86. The lowest BCUT2D eigenvalue weighted by atomic mass is 10.1. The maximum absolute atomic E-state index is 9.23. The summed E-state index contributed by atoms with van der Waals surface area (Å²) < 4.78 is 5.86. The number of fused-ring (bicyclic) bond motifs is 1. The SMILES string of the molecule is CC(O)C[C@@H](C)OC1=CCC[C@H]2C[C@@H]12. The molecule has 2 nitrogen and oxygen atoms in total. The first-order valence-corrected chi connectivity index (χ1v) is 5.71. The van der Waals surface area contributed by atoms with Crippen LogP contribution >= 0.6 is 0 Å². The first kappa shape index (κ1) is 10.0. The Morgan fingerprint density at radius 2 is 2.36 bits per heavy atom. The van der Waals surface area contributed by atoms with Gasteiger partial charge in [0.15, 0.2) is 0 Å². The number of ether oxygens (including phenoxy) is 1. The summed E-state index contributed by atoms with van der Waals surface area (Å²) in [5, 5.41) is 9.23. The third-order valence-electron chi connectivity index (χ3n) is 3.18. The molecule has 1 unspecified atom stereocenters. The zero-order valence-corrected chi connectivity index (χ0v) is 9.07. The Kier molecular flexibility index (Phi) is 2.82. The van der Waals surface area contributed by atoms with Crippen molar-refractivity contribution in [2.24, 2.45) is 11.8 Å². The van der Waals surface area contributed by atoms with Gasteiger partial charge in [0.1, 0.15) is 0 Å². The molecule has 2 aliphatic carbocycles. The average molecular weight is 196 g/mol. The standard InChI is InChI=1S/C12H20O2/c1-8(13)6-9(2)14-12-5-3-4-10-7-11(10)12/h5,8-11,13H,3-4,6-7H2,1-2H3/t8?,9-,10+,11-/m1/s1. The van der Waals surface area contributed by atoms with Crippen LogP contribution in [-0.4, -0.2) is 17.3 Å². The Bertz CT molecular complexity index is 232. The van der Waals surface area contributed by atoms with Gasteiger partial charge >= 0.3 is 0 Å². The van der Waals surface area contributed by atoms with Gasteiger partial charge in [-0.1, -0.05) is 0 Å². The number of hydrogen-bond acceptors (Lipinski definition) is 2. The van der Waals surface area contributed by atoms with Crippen molar-refractivity contribution >= 4 is 0 Å². The molecule has 0 amide bonds. The normalized spacial score (nSPS) is 34.1. The Hall–Kier alpha value is -0.500. The van der Waals surface area contributed by atoms with E-state index < -0.39 is 0 Å².